The minimum absolute atomic E-state index is 0.0160. The maximum Gasteiger partial charge on any atom is 0.417 e. The summed E-state index contributed by atoms with van der Waals surface area (Å²) in [6, 6.07) is 38.5. The van der Waals surface area contributed by atoms with Crippen LogP contribution >= 0.6 is 0 Å². The van der Waals surface area contributed by atoms with Crippen LogP contribution in [0.3, 0.4) is 0 Å². The van der Waals surface area contributed by atoms with Crippen molar-refractivity contribution in [3.05, 3.63) is 162 Å². The number of halogens is 3. The van der Waals surface area contributed by atoms with Gasteiger partial charge in [0.05, 0.1) is 22.9 Å². The Bertz CT molecular complexity index is 1680. The number of imidazole rings is 1. The normalized spacial score (nSPS) is 12.0. The number of hydrogen-bond donors (Lipinski definition) is 0. The number of rotatable bonds is 6. The fraction of sp³-hybridized carbons (Fsp3) is 0.0588. The van der Waals surface area contributed by atoms with Crippen molar-refractivity contribution in [3.63, 3.8) is 0 Å². The van der Waals surface area contributed by atoms with Crippen molar-refractivity contribution < 1.29 is 18.0 Å². The maximum atomic E-state index is 14.4. The Balaban J connectivity index is 1.73. The molecule has 3 nitrogen and oxygen atoms in total. The predicted molar refractivity (Wildman–Crippen MR) is 150 cm³/mol. The van der Waals surface area contributed by atoms with Gasteiger partial charge in [0.25, 0.3) is 0 Å². The molecular weight excluding hydrogens is 509 g/mol. The van der Waals surface area contributed by atoms with Crippen LogP contribution in [0.5, 0.6) is 0 Å². The molecule has 0 N–H and O–H groups in total. The van der Waals surface area contributed by atoms with Crippen molar-refractivity contribution in [2.45, 2.75) is 11.7 Å². The lowest BCUT2D eigenvalue weighted by molar-refractivity contribution is -0.137. The highest BCUT2D eigenvalue weighted by Gasteiger charge is 2.40. The van der Waals surface area contributed by atoms with Crippen LogP contribution < -0.4 is 0 Å². The van der Waals surface area contributed by atoms with Gasteiger partial charge in [0.2, 0.25) is 0 Å². The fourth-order valence-electron chi connectivity index (χ4n) is 5.49. The smallest absolute Gasteiger partial charge is 0.312 e. The minimum atomic E-state index is -4.61. The van der Waals surface area contributed by atoms with Gasteiger partial charge in [-0.1, -0.05) is 115 Å². The molecule has 6 rings (SSSR count). The molecule has 0 aliphatic rings. The first kappa shape index (κ1) is 25.3. The zero-order chi connectivity index (χ0) is 27.7. The largest absolute Gasteiger partial charge is 0.417 e. The van der Waals surface area contributed by atoms with Gasteiger partial charge in [-0.2, -0.15) is 13.2 Å². The summed E-state index contributed by atoms with van der Waals surface area (Å²) in [5, 5.41) is 0. The number of carbonyl (C=O) groups is 1. The van der Waals surface area contributed by atoms with Gasteiger partial charge >= 0.3 is 6.18 Å². The van der Waals surface area contributed by atoms with Gasteiger partial charge in [-0.25, -0.2) is 4.98 Å². The Morgan fingerprint density at radius 1 is 0.650 bits per heavy atom. The lowest BCUT2D eigenvalue weighted by Gasteiger charge is -2.38. The maximum absolute atomic E-state index is 14.4. The highest BCUT2D eigenvalue weighted by Crippen LogP contribution is 2.45. The molecule has 40 heavy (non-hydrogen) atoms. The van der Waals surface area contributed by atoms with E-state index in [9.17, 15) is 18.0 Å². The summed E-state index contributed by atoms with van der Waals surface area (Å²) >= 11 is 0. The molecule has 6 aromatic rings. The standard InChI is InChI=1S/C34H23F3N2O/c35-34(36,37)30-21-31-32(20-29(30)25-18-16-24(22-40)17-19-25)39(23-38-31)33(26-10-4-1-5-11-26,27-12-6-2-7-13-27)28-14-8-3-9-15-28/h1-23H. The number of benzene rings is 5. The number of carbonyl (C=O) groups excluding carboxylic acids is 1. The second kappa shape index (κ2) is 9.97. The third-order valence-electron chi connectivity index (χ3n) is 7.29. The number of aldehydes is 1. The molecule has 0 radical (unpaired) electrons. The highest BCUT2D eigenvalue weighted by molar-refractivity contribution is 5.86. The number of aromatic nitrogens is 2. The van der Waals surface area contributed by atoms with Crippen molar-refractivity contribution in [1.82, 2.24) is 9.55 Å². The average Bonchev–Trinajstić information content (AvgIpc) is 3.42. The van der Waals surface area contributed by atoms with Gasteiger partial charge in [-0.15, -0.1) is 0 Å². The molecule has 0 saturated carbocycles. The van der Waals surface area contributed by atoms with Crippen LogP contribution in [0.4, 0.5) is 13.2 Å². The van der Waals surface area contributed by atoms with Crippen LogP contribution in [-0.2, 0) is 11.7 Å². The van der Waals surface area contributed by atoms with E-state index in [1.165, 1.54) is 12.1 Å². The van der Waals surface area contributed by atoms with E-state index in [0.717, 1.165) is 22.8 Å². The zero-order valence-electron chi connectivity index (χ0n) is 21.2. The summed E-state index contributed by atoms with van der Waals surface area (Å²) in [7, 11) is 0. The summed E-state index contributed by atoms with van der Waals surface area (Å²) < 4.78 is 45.0. The number of fused-ring (bicyclic) bond motifs is 1. The summed E-state index contributed by atoms with van der Waals surface area (Å²) in [6.45, 7) is 0. The lowest BCUT2D eigenvalue weighted by Crippen LogP contribution is -2.37. The SMILES string of the molecule is O=Cc1ccc(-c2cc3c(cc2C(F)(F)F)ncn3C(c2ccccc2)(c2ccccc2)c2ccccc2)cc1. The van der Waals surface area contributed by atoms with E-state index in [-0.39, 0.29) is 11.1 Å². The van der Waals surface area contributed by atoms with Crippen molar-refractivity contribution in [3.8, 4) is 11.1 Å². The Hall–Kier alpha value is -4.97. The lowest BCUT2D eigenvalue weighted by atomic mass is 9.76. The van der Waals surface area contributed by atoms with Crippen LogP contribution in [0.1, 0.15) is 32.6 Å². The molecule has 196 valence electrons. The highest BCUT2D eigenvalue weighted by atomic mass is 19.4. The number of nitrogens with zero attached hydrogens (tertiary/aromatic N) is 2. The molecule has 5 aromatic carbocycles. The van der Waals surface area contributed by atoms with Crippen LogP contribution in [-0.4, -0.2) is 15.8 Å². The van der Waals surface area contributed by atoms with E-state index in [2.05, 4.69) is 4.98 Å². The van der Waals surface area contributed by atoms with E-state index in [0.29, 0.717) is 22.9 Å². The van der Waals surface area contributed by atoms with Crippen LogP contribution in [0.25, 0.3) is 22.2 Å². The molecule has 0 saturated heterocycles. The minimum Gasteiger partial charge on any atom is -0.312 e. The van der Waals surface area contributed by atoms with Gasteiger partial charge in [0.15, 0.2) is 0 Å². The second-order valence-electron chi connectivity index (χ2n) is 9.55. The van der Waals surface area contributed by atoms with E-state index >= 15 is 0 Å². The molecule has 0 atom stereocenters. The topological polar surface area (TPSA) is 34.9 Å². The van der Waals surface area contributed by atoms with Crippen molar-refractivity contribution in [2.75, 3.05) is 0 Å². The molecule has 1 aromatic heterocycles. The third kappa shape index (κ3) is 4.18. The molecule has 6 heteroatoms. The quantitative estimate of drug-likeness (QED) is 0.160. The van der Waals surface area contributed by atoms with E-state index in [1.54, 1.807) is 24.5 Å². The van der Waals surface area contributed by atoms with Gasteiger partial charge in [-0.05, 0) is 39.9 Å². The first-order valence-corrected chi connectivity index (χ1v) is 12.7. The molecule has 0 amide bonds. The summed E-state index contributed by atoms with van der Waals surface area (Å²) in [6.07, 6.45) is -2.32. The molecule has 0 spiro atoms. The van der Waals surface area contributed by atoms with E-state index in [1.807, 2.05) is 95.6 Å². The number of alkyl halides is 3. The Morgan fingerprint density at radius 2 is 1.15 bits per heavy atom. The van der Waals surface area contributed by atoms with E-state index < -0.39 is 17.3 Å². The molecule has 0 fully saturated rings. The first-order valence-electron chi connectivity index (χ1n) is 12.7. The summed E-state index contributed by atoms with van der Waals surface area (Å²) in [5.74, 6) is 0. The monoisotopic (exact) mass is 532 g/mol. The average molecular weight is 533 g/mol. The van der Waals surface area contributed by atoms with Gasteiger partial charge in [0.1, 0.15) is 11.8 Å². The molecule has 0 bridgehead atoms. The van der Waals surface area contributed by atoms with Crippen LogP contribution in [0.2, 0.25) is 0 Å². The number of hydrogen-bond acceptors (Lipinski definition) is 2. The Morgan fingerprint density at radius 3 is 1.60 bits per heavy atom. The fourth-order valence-corrected chi connectivity index (χ4v) is 5.49. The molecule has 0 aliphatic heterocycles. The summed E-state index contributed by atoms with van der Waals surface area (Å²) in [5.41, 5.74) is 2.62. The summed E-state index contributed by atoms with van der Waals surface area (Å²) in [4.78, 5) is 15.7. The van der Waals surface area contributed by atoms with Crippen molar-refractivity contribution in [1.29, 1.82) is 0 Å². The molecule has 0 aliphatic carbocycles. The first-order chi connectivity index (χ1) is 19.4. The third-order valence-corrected chi connectivity index (χ3v) is 7.29. The second-order valence-corrected chi connectivity index (χ2v) is 9.55. The predicted octanol–water partition coefficient (Wildman–Crippen LogP) is 8.37. The van der Waals surface area contributed by atoms with Crippen molar-refractivity contribution >= 4 is 17.3 Å². The zero-order valence-corrected chi connectivity index (χ0v) is 21.2. The molecule has 1 heterocycles. The Labute approximate surface area is 229 Å². The molecular formula is C34H23F3N2O. The molecule has 0 unspecified atom stereocenters. The van der Waals surface area contributed by atoms with E-state index in [4.69, 9.17) is 0 Å². The Kier molecular flexibility index (Phi) is 6.31. The van der Waals surface area contributed by atoms with Gasteiger partial charge in [0, 0.05) is 5.56 Å². The van der Waals surface area contributed by atoms with Gasteiger partial charge in [-0.3, -0.25) is 4.79 Å². The van der Waals surface area contributed by atoms with Crippen LogP contribution in [0.15, 0.2) is 134 Å². The van der Waals surface area contributed by atoms with Gasteiger partial charge < -0.3 is 4.57 Å². The van der Waals surface area contributed by atoms with Crippen LogP contribution in [0, 0.1) is 0 Å². The van der Waals surface area contributed by atoms with Crippen molar-refractivity contribution in [2.24, 2.45) is 0 Å².